The van der Waals surface area contributed by atoms with Gasteiger partial charge < -0.3 is 15.2 Å². The fourth-order valence-electron chi connectivity index (χ4n) is 2.15. The molecule has 1 aliphatic heterocycles. The quantitative estimate of drug-likeness (QED) is 0.722. The number of H-pyrrole nitrogens is 1. The molecular formula is C12H17N3O2. The van der Waals surface area contributed by atoms with Crippen LogP contribution in [0.15, 0.2) is 10.9 Å². The van der Waals surface area contributed by atoms with E-state index < -0.39 is 0 Å². The van der Waals surface area contributed by atoms with Crippen LogP contribution in [0.1, 0.15) is 21.6 Å². The molecule has 1 aromatic rings. The second kappa shape index (κ2) is 4.71. The van der Waals surface area contributed by atoms with E-state index in [1.54, 1.807) is 11.8 Å². The number of carbonyl (C=O) groups excluding carboxylic acids is 1. The molecule has 5 heteroatoms. The summed E-state index contributed by atoms with van der Waals surface area (Å²) in [6.07, 6.45) is 0. The summed E-state index contributed by atoms with van der Waals surface area (Å²) in [6, 6.07) is 1.83. The molecule has 0 atom stereocenters. The minimum Gasteiger partial charge on any atom is -0.336 e. The van der Waals surface area contributed by atoms with Crippen molar-refractivity contribution in [3.05, 3.63) is 33.2 Å². The monoisotopic (exact) mass is 235 g/mol. The van der Waals surface area contributed by atoms with Crippen LogP contribution in [0.3, 0.4) is 0 Å². The SMILES string of the molecule is Cc1cc(C)c(C(=O)N2CCNCC2)c(=O)[nH]1. The Kier molecular flexibility index (Phi) is 3.28. The van der Waals surface area contributed by atoms with Crippen LogP contribution in [0.25, 0.3) is 0 Å². The minimum absolute atomic E-state index is 0.162. The summed E-state index contributed by atoms with van der Waals surface area (Å²) in [4.78, 5) is 28.5. The topological polar surface area (TPSA) is 65.2 Å². The predicted molar refractivity (Wildman–Crippen MR) is 65.3 cm³/mol. The van der Waals surface area contributed by atoms with Gasteiger partial charge in [-0.3, -0.25) is 9.59 Å². The molecule has 17 heavy (non-hydrogen) atoms. The fraction of sp³-hybridized carbons (Fsp3) is 0.500. The van der Waals surface area contributed by atoms with E-state index in [0.717, 1.165) is 24.3 Å². The molecule has 0 aliphatic carbocycles. The van der Waals surface area contributed by atoms with Gasteiger partial charge in [0.1, 0.15) is 5.56 Å². The molecule has 0 bridgehead atoms. The van der Waals surface area contributed by atoms with Gasteiger partial charge in [0.2, 0.25) is 0 Å². The van der Waals surface area contributed by atoms with Crippen LogP contribution in [-0.4, -0.2) is 42.0 Å². The summed E-state index contributed by atoms with van der Waals surface area (Å²) in [6.45, 7) is 6.51. The van der Waals surface area contributed by atoms with Gasteiger partial charge in [-0.2, -0.15) is 0 Å². The highest BCUT2D eigenvalue weighted by Gasteiger charge is 2.22. The van der Waals surface area contributed by atoms with Crippen LogP contribution < -0.4 is 10.9 Å². The summed E-state index contributed by atoms with van der Waals surface area (Å²) in [5, 5.41) is 3.18. The lowest BCUT2D eigenvalue weighted by molar-refractivity contribution is 0.0733. The average molecular weight is 235 g/mol. The maximum atomic E-state index is 12.2. The molecule has 1 fully saturated rings. The molecule has 1 aromatic heterocycles. The highest BCUT2D eigenvalue weighted by Crippen LogP contribution is 2.08. The third kappa shape index (κ3) is 2.39. The van der Waals surface area contributed by atoms with E-state index in [9.17, 15) is 9.59 Å². The molecule has 2 N–H and O–H groups in total. The van der Waals surface area contributed by atoms with Gasteiger partial charge in [-0.1, -0.05) is 0 Å². The number of piperazine rings is 1. The molecule has 2 rings (SSSR count). The Morgan fingerprint density at radius 3 is 2.53 bits per heavy atom. The van der Waals surface area contributed by atoms with Gasteiger partial charge in [-0.05, 0) is 25.5 Å². The molecule has 0 spiro atoms. The van der Waals surface area contributed by atoms with Gasteiger partial charge in [-0.15, -0.1) is 0 Å². The van der Waals surface area contributed by atoms with Gasteiger partial charge in [0.25, 0.3) is 11.5 Å². The van der Waals surface area contributed by atoms with E-state index in [1.807, 2.05) is 13.0 Å². The molecule has 0 radical (unpaired) electrons. The van der Waals surface area contributed by atoms with E-state index in [1.165, 1.54) is 0 Å². The zero-order valence-corrected chi connectivity index (χ0v) is 10.2. The average Bonchev–Trinajstić information content (AvgIpc) is 2.28. The van der Waals surface area contributed by atoms with E-state index in [2.05, 4.69) is 10.3 Å². The van der Waals surface area contributed by atoms with Gasteiger partial charge in [0.15, 0.2) is 0 Å². The Hall–Kier alpha value is -1.62. The summed E-state index contributed by atoms with van der Waals surface area (Å²) in [5.41, 5.74) is 1.52. The molecule has 1 saturated heterocycles. The molecule has 5 nitrogen and oxygen atoms in total. The largest absolute Gasteiger partial charge is 0.336 e. The molecule has 0 saturated carbocycles. The Labute approximate surface area is 99.8 Å². The number of hydrogen-bond acceptors (Lipinski definition) is 3. The second-order valence-corrected chi connectivity index (χ2v) is 4.38. The first-order valence-corrected chi connectivity index (χ1v) is 5.80. The molecular weight excluding hydrogens is 218 g/mol. The third-order valence-corrected chi connectivity index (χ3v) is 2.98. The van der Waals surface area contributed by atoms with Crippen LogP contribution in [0, 0.1) is 13.8 Å². The first kappa shape index (κ1) is 11.9. The van der Waals surface area contributed by atoms with Gasteiger partial charge in [0, 0.05) is 31.9 Å². The Balaban J connectivity index is 2.33. The smallest absolute Gasteiger partial charge is 0.261 e. The summed E-state index contributed by atoms with van der Waals surface area (Å²) < 4.78 is 0. The van der Waals surface area contributed by atoms with Crippen molar-refractivity contribution in [2.24, 2.45) is 0 Å². The number of nitrogens with zero attached hydrogens (tertiary/aromatic N) is 1. The maximum absolute atomic E-state index is 12.2. The summed E-state index contributed by atoms with van der Waals surface area (Å²) in [5.74, 6) is -0.162. The van der Waals surface area contributed by atoms with Gasteiger partial charge >= 0.3 is 0 Å². The van der Waals surface area contributed by atoms with Gasteiger partial charge in [0.05, 0.1) is 0 Å². The normalized spacial score (nSPS) is 16.0. The number of pyridine rings is 1. The van der Waals surface area contributed by atoms with Crippen molar-refractivity contribution >= 4 is 5.91 Å². The van der Waals surface area contributed by atoms with Crippen molar-refractivity contribution in [1.82, 2.24) is 15.2 Å². The van der Waals surface area contributed by atoms with Crippen molar-refractivity contribution in [2.45, 2.75) is 13.8 Å². The summed E-state index contributed by atoms with van der Waals surface area (Å²) in [7, 11) is 0. The molecule has 2 heterocycles. The maximum Gasteiger partial charge on any atom is 0.261 e. The Morgan fingerprint density at radius 2 is 1.94 bits per heavy atom. The predicted octanol–water partition coefficient (Wildman–Crippen LogP) is 0.0371. The van der Waals surface area contributed by atoms with E-state index >= 15 is 0 Å². The molecule has 1 aliphatic rings. The number of hydrogen-bond donors (Lipinski definition) is 2. The van der Waals surface area contributed by atoms with E-state index in [4.69, 9.17) is 0 Å². The highest BCUT2D eigenvalue weighted by molar-refractivity contribution is 5.95. The van der Waals surface area contributed by atoms with Crippen molar-refractivity contribution in [2.75, 3.05) is 26.2 Å². The molecule has 0 unspecified atom stereocenters. The lowest BCUT2D eigenvalue weighted by Gasteiger charge is -2.27. The zero-order chi connectivity index (χ0) is 12.4. The molecule has 92 valence electrons. The molecule has 0 aromatic carbocycles. The van der Waals surface area contributed by atoms with Crippen molar-refractivity contribution in [3.63, 3.8) is 0 Å². The van der Waals surface area contributed by atoms with Crippen LogP contribution in [-0.2, 0) is 0 Å². The number of amides is 1. The van der Waals surface area contributed by atoms with Crippen LogP contribution in [0.4, 0.5) is 0 Å². The second-order valence-electron chi connectivity index (χ2n) is 4.38. The number of rotatable bonds is 1. The minimum atomic E-state index is -0.286. The number of nitrogens with one attached hydrogen (secondary N) is 2. The third-order valence-electron chi connectivity index (χ3n) is 2.98. The lowest BCUT2D eigenvalue weighted by Crippen LogP contribution is -2.47. The molecule has 1 amide bonds. The fourth-order valence-corrected chi connectivity index (χ4v) is 2.15. The van der Waals surface area contributed by atoms with Crippen molar-refractivity contribution in [1.29, 1.82) is 0 Å². The zero-order valence-electron chi connectivity index (χ0n) is 10.2. The first-order chi connectivity index (χ1) is 8.09. The number of aromatic amines is 1. The van der Waals surface area contributed by atoms with Crippen molar-refractivity contribution in [3.8, 4) is 0 Å². The van der Waals surface area contributed by atoms with Crippen LogP contribution >= 0.6 is 0 Å². The number of carbonyl (C=O) groups is 1. The number of aromatic nitrogens is 1. The van der Waals surface area contributed by atoms with Crippen LogP contribution in [0.5, 0.6) is 0 Å². The van der Waals surface area contributed by atoms with Crippen LogP contribution in [0.2, 0.25) is 0 Å². The first-order valence-electron chi connectivity index (χ1n) is 5.80. The number of aryl methyl sites for hydroxylation is 2. The van der Waals surface area contributed by atoms with Crippen molar-refractivity contribution < 1.29 is 4.79 Å². The summed E-state index contributed by atoms with van der Waals surface area (Å²) >= 11 is 0. The lowest BCUT2D eigenvalue weighted by atomic mass is 10.1. The Bertz CT molecular complexity index is 487. The van der Waals surface area contributed by atoms with E-state index in [-0.39, 0.29) is 17.0 Å². The van der Waals surface area contributed by atoms with Gasteiger partial charge in [-0.25, -0.2) is 0 Å². The van der Waals surface area contributed by atoms with E-state index in [0.29, 0.717) is 13.1 Å². The standard InChI is InChI=1S/C12H17N3O2/c1-8-7-9(2)14-11(16)10(8)12(17)15-5-3-13-4-6-15/h7,13H,3-6H2,1-2H3,(H,14,16). The highest BCUT2D eigenvalue weighted by atomic mass is 16.2. The Morgan fingerprint density at radius 1 is 1.29 bits per heavy atom.